The van der Waals surface area contributed by atoms with Crippen molar-refractivity contribution in [1.82, 2.24) is 0 Å². The molecule has 1 amide bonds. The number of carbonyl (C=O) groups excluding carboxylic acids is 1. The molecule has 0 spiro atoms. The molecule has 24 heavy (non-hydrogen) atoms. The highest BCUT2D eigenvalue weighted by molar-refractivity contribution is 9.10. The van der Waals surface area contributed by atoms with Gasteiger partial charge in [-0.2, -0.15) is 5.26 Å². The molecule has 0 fully saturated rings. The number of amides is 1. The van der Waals surface area contributed by atoms with Gasteiger partial charge in [-0.1, -0.05) is 23.8 Å². The van der Waals surface area contributed by atoms with Crippen LogP contribution in [0.1, 0.15) is 22.3 Å². The summed E-state index contributed by atoms with van der Waals surface area (Å²) in [5.41, 5.74) is 4.19. The molecule has 1 N–H and O–H groups in total. The number of nitrogens with one attached hydrogen (secondary N) is 1. The fourth-order valence-corrected chi connectivity index (χ4v) is 2.87. The topological polar surface area (TPSA) is 52.9 Å². The molecule has 0 atom stereocenters. The molecule has 0 radical (unpaired) electrons. The maximum absolute atomic E-state index is 13.3. The Morgan fingerprint density at radius 2 is 1.83 bits per heavy atom. The van der Waals surface area contributed by atoms with Gasteiger partial charge in [-0.25, -0.2) is 4.39 Å². The third kappa shape index (κ3) is 4.09. The first-order chi connectivity index (χ1) is 11.3. The molecule has 0 aliphatic heterocycles. The Bertz CT molecular complexity index is 858. The molecule has 0 bridgehead atoms. The van der Waals surface area contributed by atoms with Crippen molar-refractivity contribution >= 4 is 33.6 Å². The molecule has 0 unspecified atom stereocenters. The average molecular weight is 387 g/mol. The molecular formula is C19H16BrFN2O. The highest BCUT2D eigenvalue weighted by atomic mass is 79.9. The SMILES string of the molecule is Cc1cc(C)c(NC(=O)/C(C#N)=C/c2ccc(F)c(Br)c2)c(C)c1. The van der Waals surface area contributed by atoms with E-state index in [0.717, 1.165) is 16.7 Å². The van der Waals surface area contributed by atoms with E-state index in [9.17, 15) is 14.4 Å². The second kappa shape index (κ2) is 7.41. The predicted octanol–water partition coefficient (Wildman–Crippen LogP) is 5.06. The minimum absolute atomic E-state index is 0.0483. The largest absolute Gasteiger partial charge is 0.321 e. The van der Waals surface area contributed by atoms with Gasteiger partial charge in [0.15, 0.2) is 0 Å². The lowest BCUT2D eigenvalue weighted by Gasteiger charge is -2.12. The van der Waals surface area contributed by atoms with Gasteiger partial charge in [-0.3, -0.25) is 4.79 Å². The van der Waals surface area contributed by atoms with Crippen molar-refractivity contribution < 1.29 is 9.18 Å². The maximum Gasteiger partial charge on any atom is 0.266 e. The molecule has 3 nitrogen and oxygen atoms in total. The number of benzene rings is 2. The minimum Gasteiger partial charge on any atom is -0.321 e. The Labute approximate surface area is 148 Å². The summed E-state index contributed by atoms with van der Waals surface area (Å²) in [4.78, 5) is 12.4. The van der Waals surface area contributed by atoms with Gasteiger partial charge in [0.25, 0.3) is 5.91 Å². The molecule has 0 saturated carbocycles. The molecule has 5 heteroatoms. The second-order valence-corrected chi connectivity index (χ2v) is 6.43. The molecule has 2 aromatic rings. The van der Waals surface area contributed by atoms with Crippen LogP contribution in [0.3, 0.4) is 0 Å². The summed E-state index contributed by atoms with van der Waals surface area (Å²) >= 11 is 3.09. The lowest BCUT2D eigenvalue weighted by molar-refractivity contribution is -0.112. The Balaban J connectivity index is 2.31. The van der Waals surface area contributed by atoms with Gasteiger partial charge in [-0.05, 0) is 71.6 Å². The third-order valence-electron chi connectivity index (χ3n) is 3.54. The highest BCUT2D eigenvalue weighted by Gasteiger charge is 2.13. The van der Waals surface area contributed by atoms with Crippen LogP contribution in [0.2, 0.25) is 0 Å². The van der Waals surface area contributed by atoms with Gasteiger partial charge in [0.2, 0.25) is 0 Å². The van der Waals surface area contributed by atoms with Gasteiger partial charge in [-0.15, -0.1) is 0 Å². The van der Waals surface area contributed by atoms with E-state index < -0.39 is 11.7 Å². The summed E-state index contributed by atoms with van der Waals surface area (Å²) in [6, 6.07) is 10.1. The van der Waals surface area contributed by atoms with Gasteiger partial charge < -0.3 is 5.32 Å². The van der Waals surface area contributed by atoms with E-state index in [4.69, 9.17) is 0 Å². The van der Waals surface area contributed by atoms with E-state index in [1.807, 2.05) is 39.0 Å². The molecule has 2 rings (SSSR count). The van der Waals surface area contributed by atoms with Crippen LogP contribution < -0.4 is 5.32 Å². The van der Waals surface area contributed by atoms with Crippen LogP contribution in [-0.2, 0) is 4.79 Å². The first-order valence-electron chi connectivity index (χ1n) is 7.28. The Morgan fingerprint density at radius 1 is 1.21 bits per heavy atom. The summed E-state index contributed by atoms with van der Waals surface area (Å²) in [6.45, 7) is 5.80. The molecule has 2 aromatic carbocycles. The standard InChI is InChI=1S/C19H16BrFN2O/c1-11-6-12(2)18(13(3)7-11)23-19(24)15(10-22)8-14-4-5-17(21)16(20)9-14/h4-9H,1-3H3,(H,23,24)/b15-8+. The maximum atomic E-state index is 13.3. The molecule has 122 valence electrons. The molecular weight excluding hydrogens is 371 g/mol. The van der Waals surface area contributed by atoms with E-state index >= 15 is 0 Å². The van der Waals surface area contributed by atoms with Crippen LogP contribution in [0.15, 0.2) is 40.4 Å². The van der Waals surface area contributed by atoms with Gasteiger partial charge >= 0.3 is 0 Å². The highest BCUT2D eigenvalue weighted by Crippen LogP contribution is 2.23. The number of nitriles is 1. The number of hydrogen-bond donors (Lipinski definition) is 1. The van der Waals surface area contributed by atoms with Gasteiger partial charge in [0.05, 0.1) is 4.47 Å². The van der Waals surface area contributed by atoms with E-state index in [1.165, 1.54) is 24.3 Å². The zero-order chi connectivity index (χ0) is 17.9. The summed E-state index contributed by atoms with van der Waals surface area (Å²) in [6.07, 6.45) is 1.43. The molecule has 0 aliphatic rings. The molecule has 0 aromatic heterocycles. The van der Waals surface area contributed by atoms with Crippen molar-refractivity contribution in [2.45, 2.75) is 20.8 Å². The van der Waals surface area contributed by atoms with E-state index in [1.54, 1.807) is 0 Å². The fraction of sp³-hybridized carbons (Fsp3) is 0.158. The Kier molecular flexibility index (Phi) is 5.53. The molecule has 0 saturated heterocycles. The number of halogens is 2. The van der Waals surface area contributed by atoms with Crippen molar-refractivity contribution in [1.29, 1.82) is 5.26 Å². The molecule has 0 aliphatic carbocycles. The summed E-state index contributed by atoms with van der Waals surface area (Å²) in [7, 11) is 0. The van der Waals surface area contributed by atoms with Gasteiger partial charge in [0, 0.05) is 5.69 Å². The number of rotatable bonds is 3. The number of hydrogen-bond acceptors (Lipinski definition) is 2. The summed E-state index contributed by atoms with van der Waals surface area (Å²) < 4.78 is 13.6. The van der Waals surface area contributed by atoms with Crippen LogP contribution >= 0.6 is 15.9 Å². The Hall–Kier alpha value is -2.45. The Morgan fingerprint density at radius 3 is 2.38 bits per heavy atom. The van der Waals surface area contributed by atoms with Crippen LogP contribution in [0, 0.1) is 37.9 Å². The van der Waals surface area contributed by atoms with Gasteiger partial charge in [0.1, 0.15) is 17.5 Å². The normalized spacial score (nSPS) is 11.1. The third-order valence-corrected chi connectivity index (χ3v) is 4.14. The molecule has 0 heterocycles. The fourth-order valence-electron chi connectivity index (χ4n) is 2.48. The van der Waals surface area contributed by atoms with Crippen molar-refractivity contribution in [2.75, 3.05) is 5.32 Å². The summed E-state index contributed by atoms with van der Waals surface area (Å²) in [5.74, 6) is -0.894. The zero-order valence-corrected chi connectivity index (χ0v) is 15.2. The van der Waals surface area contributed by atoms with E-state index in [-0.39, 0.29) is 10.0 Å². The van der Waals surface area contributed by atoms with Crippen LogP contribution in [0.4, 0.5) is 10.1 Å². The van der Waals surface area contributed by atoms with Crippen molar-refractivity contribution in [3.8, 4) is 6.07 Å². The van der Waals surface area contributed by atoms with E-state index in [2.05, 4.69) is 21.2 Å². The van der Waals surface area contributed by atoms with Crippen LogP contribution in [0.5, 0.6) is 0 Å². The van der Waals surface area contributed by atoms with Crippen molar-refractivity contribution in [3.05, 3.63) is 68.4 Å². The lowest BCUT2D eigenvalue weighted by Crippen LogP contribution is -2.15. The van der Waals surface area contributed by atoms with Crippen molar-refractivity contribution in [2.24, 2.45) is 0 Å². The lowest BCUT2D eigenvalue weighted by atomic mass is 10.0. The average Bonchev–Trinajstić information content (AvgIpc) is 2.51. The monoisotopic (exact) mass is 386 g/mol. The minimum atomic E-state index is -0.493. The summed E-state index contributed by atoms with van der Waals surface area (Å²) in [5, 5.41) is 12.1. The number of carbonyl (C=O) groups is 1. The number of aryl methyl sites for hydroxylation is 3. The van der Waals surface area contributed by atoms with Crippen molar-refractivity contribution in [3.63, 3.8) is 0 Å². The smallest absolute Gasteiger partial charge is 0.266 e. The first-order valence-corrected chi connectivity index (χ1v) is 8.07. The van der Waals surface area contributed by atoms with Crippen LogP contribution in [0.25, 0.3) is 6.08 Å². The predicted molar refractivity (Wildman–Crippen MR) is 97.0 cm³/mol. The quantitative estimate of drug-likeness (QED) is 0.591. The first kappa shape index (κ1) is 17.9. The van der Waals surface area contributed by atoms with Crippen LogP contribution in [-0.4, -0.2) is 5.91 Å². The second-order valence-electron chi connectivity index (χ2n) is 5.57. The zero-order valence-electron chi connectivity index (χ0n) is 13.6. The van der Waals surface area contributed by atoms with E-state index in [0.29, 0.717) is 11.3 Å². The number of nitrogens with zero attached hydrogens (tertiary/aromatic N) is 1. The number of anilines is 1.